The molecule has 0 radical (unpaired) electrons. The van der Waals surface area contributed by atoms with Crippen LogP contribution in [0.25, 0.3) is 11.3 Å². The Kier molecular flexibility index (Phi) is 4.16. The second-order valence-electron chi connectivity index (χ2n) is 6.08. The van der Waals surface area contributed by atoms with Crippen molar-refractivity contribution in [2.45, 2.75) is 19.4 Å². The number of sulfone groups is 1. The second-order valence-corrected chi connectivity index (χ2v) is 8.30. The molecule has 8 heteroatoms. The molecule has 1 aliphatic rings. The highest BCUT2D eigenvalue weighted by Crippen LogP contribution is 2.22. The monoisotopic (exact) mass is 351 g/mol. The predicted molar refractivity (Wildman–Crippen MR) is 87.9 cm³/mol. The van der Waals surface area contributed by atoms with Gasteiger partial charge in [-0.2, -0.15) is 5.10 Å². The van der Waals surface area contributed by atoms with Gasteiger partial charge in [-0.3, -0.25) is 9.48 Å². The largest absolute Gasteiger partial charge is 0.347 e. The highest BCUT2D eigenvalue weighted by Gasteiger charge is 2.29. The van der Waals surface area contributed by atoms with Crippen LogP contribution >= 0.6 is 0 Å². The van der Waals surface area contributed by atoms with E-state index in [-0.39, 0.29) is 29.1 Å². The molecule has 3 rings (SSSR count). The highest BCUT2D eigenvalue weighted by molar-refractivity contribution is 7.91. The number of carbonyl (C=O) groups excluding carboxylic acids is 1. The molecule has 128 valence electrons. The van der Waals surface area contributed by atoms with E-state index in [9.17, 15) is 17.6 Å². The van der Waals surface area contributed by atoms with Crippen molar-refractivity contribution in [1.29, 1.82) is 0 Å². The maximum atomic E-state index is 13.4. The summed E-state index contributed by atoms with van der Waals surface area (Å²) in [6, 6.07) is 5.94. The van der Waals surface area contributed by atoms with Crippen LogP contribution in [0.15, 0.2) is 24.3 Å². The molecule has 1 saturated heterocycles. The number of carbonyl (C=O) groups is 1. The Balaban J connectivity index is 1.80. The van der Waals surface area contributed by atoms with Crippen molar-refractivity contribution in [3.05, 3.63) is 41.3 Å². The minimum absolute atomic E-state index is 0.0322. The van der Waals surface area contributed by atoms with Crippen LogP contribution in [-0.4, -0.2) is 41.7 Å². The predicted octanol–water partition coefficient (Wildman–Crippen LogP) is 1.45. The Labute approximate surface area is 139 Å². The quantitative estimate of drug-likeness (QED) is 0.908. The normalized spacial score (nSPS) is 19.4. The lowest BCUT2D eigenvalue weighted by atomic mass is 10.1. The topological polar surface area (TPSA) is 81.1 Å². The summed E-state index contributed by atoms with van der Waals surface area (Å²) in [5.74, 6) is -0.630. The summed E-state index contributed by atoms with van der Waals surface area (Å²) in [5.41, 5.74) is 2.16. The van der Waals surface area contributed by atoms with E-state index in [0.717, 1.165) is 5.56 Å². The van der Waals surface area contributed by atoms with Crippen molar-refractivity contribution in [2.24, 2.45) is 7.05 Å². The molecular weight excluding hydrogens is 333 g/mol. The Bertz CT molecular complexity index is 905. The first kappa shape index (κ1) is 16.6. The standard InChI is InChI=1S/C16H18FN3O3S/c1-10-7-11(3-4-13(10)17)15-8-14(19-20(15)2)16(21)18-12-5-6-24(22,23)9-12/h3-4,7-8,12H,5-6,9H2,1-2H3,(H,18,21). The molecule has 0 spiro atoms. The van der Waals surface area contributed by atoms with Gasteiger partial charge in [0.15, 0.2) is 15.5 Å². The van der Waals surface area contributed by atoms with E-state index in [2.05, 4.69) is 10.4 Å². The zero-order valence-corrected chi connectivity index (χ0v) is 14.2. The number of aryl methyl sites for hydroxylation is 2. The molecule has 1 aromatic carbocycles. The molecule has 1 atom stereocenters. The average molecular weight is 351 g/mol. The van der Waals surface area contributed by atoms with E-state index in [4.69, 9.17) is 0 Å². The maximum Gasteiger partial charge on any atom is 0.272 e. The minimum atomic E-state index is -3.05. The summed E-state index contributed by atoms with van der Waals surface area (Å²) in [7, 11) is -1.35. The Morgan fingerprint density at radius 2 is 2.12 bits per heavy atom. The van der Waals surface area contributed by atoms with Crippen LogP contribution in [0.4, 0.5) is 4.39 Å². The van der Waals surface area contributed by atoms with Gasteiger partial charge in [0.1, 0.15) is 5.82 Å². The number of benzene rings is 1. The van der Waals surface area contributed by atoms with Crippen molar-refractivity contribution < 1.29 is 17.6 Å². The van der Waals surface area contributed by atoms with Crippen LogP contribution in [0, 0.1) is 12.7 Å². The molecule has 1 fully saturated rings. The number of aromatic nitrogens is 2. The molecule has 1 N–H and O–H groups in total. The Morgan fingerprint density at radius 3 is 2.75 bits per heavy atom. The summed E-state index contributed by atoms with van der Waals surface area (Å²) in [6.07, 6.45) is 0.422. The van der Waals surface area contributed by atoms with Crippen LogP contribution < -0.4 is 5.32 Å². The van der Waals surface area contributed by atoms with Crippen LogP contribution in [0.2, 0.25) is 0 Å². The number of hydrogen-bond acceptors (Lipinski definition) is 4. The maximum absolute atomic E-state index is 13.4. The van der Waals surface area contributed by atoms with Crippen LogP contribution in [0.5, 0.6) is 0 Å². The average Bonchev–Trinajstić information content (AvgIpc) is 3.05. The lowest BCUT2D eigenvalue weighted by Gasteiger charge is -2.08. The summed E-state index contributed by atoms with van der Waals surface area (Å²) in [4.78, 5) is 12.3. The van der Waals surface area contributed by atoms with Gasteiger partial charge in [0, 0.05) is 18.7 Å². The third kappa shape index (κ3) is 3.33. The molecule has 2 heterocycles. The van der Waals surface area contributed by atoms with Gasteiger partial charge in [-0.05, 0) is 43.2 Å². The fraction of sp³-hybridized carbons (Fsp3) is 0.375. The highest BCUT2D eigenvalue weighted by atomic mass is 32.2. The van der Waals surface area contributed by atoms with Gasteiger partial charge in [-0.15, -0.1) is 0 Å². The SMILES string of the molecule is Cc1cc(-c2cc(C(=O)NC3CCS(=O)(=O)C3)nn2C)ccc1F. The van der Waals surface area contributed by atoms with Gasteiger partial charge in [-0.1, -0.05) is 0 Å². The second kappa shape index (κ2) is 6.01. The molecule has 6 nitrogen and oxygen atoms in total. The molecule has 1 amide bonds. The van der Waals surface area contributed by atoms with Crippen molar-refractivity contribution in [3.63, 3.8) is 0 Å². The van der Waals surface area contributed by atoms with E-state index >= 15 is 0 Å². The molecule has 24 heavy (non-hydrogen) atoms. The van der Waals surface area contributed by atoms with Crippen molar-refractivity contribution >= 4 is 15.7 Å². The summed E-state index contributed by atoms with van der Waals surface area (Å²) >= 11 is 0. The van der Waals surface area contributed by atoms with Crippen molar-refractivity contribution in [2.75, 3.05) is 11.5 Å². The minimum Gasteiger partial charge on any atom is -0.347 e. The van der Waals surface area contributed by atoms with E-state index in [1.165, 1.54) is 6.07 Å². The first-order chi connectivity index (χ1) is 11.2. The Morgan fingerprint density at radius 1 is 1.38 bits per heavy atom. The summed E-state index contributed by atoms with van der Waals surface area (Å²) in [5, 5.41) is 6.89. The van der Waals surface area contributed by atoms with Crippen LogP contribution in [0.1, 0.15) is 22.5 Å². The van der Waals surface area contributed by atoms with E-state index < -0.39 is 15.7 Å². The van der Waals surface area contributed by atoms with Gasteiger partial charge in [0.25, 0.3) is 5.91 Å². The first-order valence-electron chi connectivity index (χ1n) is 7.57. The first-order valence-corrected chi connectivity index (χ1v) is 9.39. The summed E-state index contributed by atoms with van der Waals surface area (Å²) < 4.78 is 37.9. The molecule has 0 saturated carbocycles. The molecule has 0 aliphatic carbocycles. The number of nitrogens with zero attached hydrogens (tertiary/aromatic N) is 2. The van der Waals surface area contributed by atoms with Gasteiger partial charge < -0.3 is 5.32 Å². The number of hydrogen-bond donors (Lipinski definition) is 1. The van der Waals surface area contributed by atoms with Gasteiger partial charge in [0.05, 0.1) is 17.2 Å². The van der Waals surface area contributed by atoms with Gasteiger partial charge in [-0.25, -0.2) is 12.8 Å². The van der Waals surface area contributed by atoms with E-state index in [1.54, 1.807) is 36.9 Å². The van der Waals surface area contributed by atoms with Crippen molar-refractivity contribution in [1.82, 2.24) is 15.1 Å². The smallest absolute Gasteiger partial charge is 0.272 e. The third-order valence-corrected chi connectivity index (χ3v) is 5.90. The number of rotatable bonds is 3. The number of nitrogens with one attached hydrogen (secondary N) is 1. The summed E-state index contributed by atoms with van der Waals surface area (Å²) in [6.45, 7) is 1.67. The van der Waals surface area contributed by atoms with Gasteiger partial charge in [0.2, 0.25) is 0 Å². The molecule has 1 unspecified atom stereocenters. The van der Waals surface area contributed by atoms with Crippen LogP contribution in [-0.2, 0) is 16.9 Å². The van der Waals surface area contributed by atoms with E-state index in [1.807, 2.05) is 0 Å². The molecule has 0 bridgehead atoms. The molecule has 1 aromatic heterocycles. The third-order valence-electron chi connectivity index (χ3n) is 4.13. The fourth-order valence-corrected chi connectivity index (χ4v) is 4.49. The fourth-order valence-electron chi connectivity index (χ4n) is 2.82. The van der Waals surface area contributed by atoms with E-state index in [0.29, 0.717) is 17.7 Å². The number of halogens is 1. The zero-order chi connectivity index (χ0) is 17.5. The van der Waals surface area contributed by atoms with Crippen LogP contribution in [0.3, 0.4) is 0 Å². The number of amides is 1. The van der Waals surface area contributed by atoms with Crippen molar-refractivity contribution in [3.8, 4) is 11.3 Å². The van der Waals surface area contributed by atoms with Gasteiger partial charge >= 0.3 is 0 Å². The molecule has 2 aromatic rings. The molecule has 1 aliphatic heterocycles. The Hall–Kier alpha value is -2.22. The zero-order valence-electron chi connectivity index (χ0n) is 13.4. The molecular formula is C16H18FN3O3S. The lowest BCUT2D eigenvalue weighted by molar-refractivity contribution is 0.0935. The lowest BCUT2D eigenvalue weighted by Crippen LogP contribution is -2.35.